The number of pyridine rings is 1. The van der Waals surface area contributed by atoms with Crippen molar-refractivity contribution in [2.75, 3.05) is 27.2 Å². The van der Waals surface area contributed by atoms with Crippen LogP contribution in [0.5, 0.6) is 0 Å². The van der Waals surface area contributed by atoms with Crippen LogP contribution in [0.1, 0.15) is 87.9 Å². The van der Waals surface area contributed by atoms with Crippen LogP contribution >= 0.6 is 0 Å². The molecule has 2 aliphatic carbocycles. The lowest BCUT2D eigenvalue weighted by molar-refractivity contribution is -0.163. The van der Waals surface area contributed by atoms with Crippen molar-refractivity contribution in [3.63, 3.8) is 0 Å². The zero-order valence-corrected chi connectivity index (χ0v) is 25.1. The highest BCUT2D eigenvalue weighted by atomic mass is 16.3. The summed E-state index contributed by atoms with van der Waals surface area (Å²) >= 11 is 0. The topological polar surface area (TPSA) is 82.8 Å². The van der Waals surface area contributed by atoms with Gasteiger partial charge in [0, 0.05) is 56.3 Å². The first-order chi connectivity index (χ1) is 19.6. The molecule has 2 amide bonds. The number of rotatable bonds is 7. The van der Waals surface area contributed by atoms with Gasteiger partial charge in [0.2, 0.25) is 5.91 Å². The molecule has 2 atom stereocenters. The first kappa shape index (κ1) is 29.6. The molecule has 5 rings (SSSR count). The van der Waals surface area contributed by atoms with Crippen molar-refractivity contribution >= 4 is 11.8 Å². The molecule has 7 heteroatoms. The maximum atomic E-state index is 13.6. The van der Waals surface area contributed by atoms with Crippen molar-refractivity contribution in [3.8, 4) is 11.1 Å². The lowest BCUT2D eigenvalue weighted by Crippen LogP contribution is -2.62. The number of nitrogens with zero attached hydrogens (tertiary/aromatic N) is 3. The predicted octanol–water partition coefficient (Wildman–Crippen LogP) is 5.35. The molecule has 41 heavy (non-hydrogen) atoms. The second-order valence-corrected chi connectivity index (χ2v) is 13.3. The minimum absolute atomic E-state index is 0.00417. The van der Waals surface area contributed by atoms with Gasteiger partial charge in [0.15, 0.2) is 0 Å². The Bertz CT molecular complexity index is 1290. The van der Waals surface area contributed by atoms with E-state index in [2.05, 4.69) is 6.92 Å². The number of carbonyl (C=O) groups is 2. The highest BCUT2D eigenvalue weighted by molar-refractivity contribution is 6.00. The molecule has 2 heterocycles. The van der Waals surface area contributed by atoms with Crippen LogP contribution in [-0.4, -0.2) is 64.1 Å². The summed E-state index contributed by atoms with van der Waals surface area (Å²) in [5.74, 6) is 0.671. The van der Waals surface area contributed by atoms with Crippen molar-refractivity contribution in [2.45, 2.75) is 89.7 Å². The second kappa shape index (κ2) is 12.1. The molecular weight excluding hydrogens is 514 g/mol. The fourth-order valence-corrected chi connectivity index (χ4v) is 7.87. The molecule has 1 aliphatic heterocycles. The van der Waals surface area contributed by atoms with Crippen molar-refractivity contribution in [3.05, 3.63) is 58.5 Å². The third-order valence-electron chi connectivity index (χ3n) is 10.3. The van der Waals surface area contributed by atoms with Crippen LogP contribution in [0.4, 0.5) is 0 Å². The molecule has 7 nitrogen and oxygen atoms in total. The molecule has 3 aliphatic rings. The van der Waals surface area contributed by atoms with Gasteiger partial charge in [-0.1, -0.05) is 82.2 Å². The van der Waals surface area contributed by atoms with Crippen LogP contribution < -0.4 is 5.56 Å². The number of hydrogen-bond acceptors (Lipinski definition) is 4. The molecule has 222 valence electrons. The Labute approximate surface area is 244 Å². The molecule has 1 N–H and O–H groups in total. The van der Waals surface area contributed by atoms with E-state index in [9.17, 15) is 19.5 Å². The van der Waals surface area contributed by atoms with Crippen molar-refractivity contribution < 1.29 is 14.7 Å². The summed E-state index contributed by atoms with van der Waals surface area (Å²) < 4.78 is 1.53. The van der Waals surface area contributed by atoms with E-state index in [-0.39, 0.29) is 29.8 Å². The Balaban J connectivity index is 1.40. The predicted molar refractivity (Wildman–Crippen MR) is 162 cm³/mol. The van der Waals surface area contributed by atoms with Crippen LogP contribution in [-0.2, 0) is 11.3 Å². The largest absolute Gasteiger partial charge is 0.387 e. The first-order valence-corrected chi connectivity index (χ1v) is 15.7. The molecule has 1 unspecified atom stereocenters. The molecule has 1 aromatic carbocycles. The highest BCUT2D eigenvalue weighted by Gasteiger charge is 2.55. The maximum Gasteiger partial charge on any atom is 0.255 e. The number of likely N-dealkylation sites (tertiary alicyclic amines) is 1. The Kier molecular flexibility index (Phi) is 8.74. The van der Waals surface area contributed by atoms with Gasteiger partial charge >= 0.3 is 0 Å². The summed E-state index contributed by atoms with van der Waals surface area (Å²) in [6, 6.07) is 11.0. The Hall–Kier alpha value is -2.93. The molecule has 3 fully saturated rings. The number of benzene rings is 1. The Morgan fingerprint density at radius 2 is 1.71 bits per heavy atom. The zero-order chi connectivity index (χ0) is 29.2. The standard InChI is InChI=1S/C34H47N3O4/c1-25(20-26-12-6-4-7-13-26)31(39)36-19-18-34(41,33(23-36)16-10-11-17-33)24-37-22-29(32(40)35(2)3)28(21-30(37)38)27-14-8-5-9-15-27/h5,8-9,14-15,21-22,25-26,41H,4,6-7,10-13,16-20,23-24H2,1-3H3/t25?,34-/m0/s1. The molecule has 0 radical (unpaired) electrons. The van der Waals surface area contributed by atoms with Crippen molar-refractivity contribution in [2.24, 2.45) is 17.3 Å². The summed E-state index contributed by atoms with van der Waals surface area (Å²) in [4.78, 5) is 43.9. The number of amides is 2. The normalized spacial score (nSPS) is 23.5. The van der Waals surface area contributed by atoms with Gasteiger partial charge in [-0.05, 0) is 37.2 Å². The van der Waals surface area contributed by atoms with E-state index in [0.717, 1.165) is 37.7 Å². The van der Waals surface area contributed by atoms with Crippen LogP contribution in [0, 0.1) is 17.3 Å². The number of aromatic nitrogens is 1. The van der Waals surface area contributed by atoms with Gasteiger partial charge in [-0.15, -0.1) is 0 Å². The van der Waals surface area contributed by atoms with Crippen LogP contribution in [0.25, 0.3) is 11.1 Å². The quantitative estimate of drug-likeness (QED) is 0.494. The van der Waals surface area contributed by atoms with Gasteiger partial charge < -0.3 is 19.5 Å². The van der Waals surface area contributed by atoms with E-state index in [4.69, 9.17) is 0 Å². The number of aliphatic hydroxyl groups is 1. The number of carbonyl (C=O) groups excluding carboxylic acids is 2. The summed E-state index contributed by atoms with van der Waals surface area (Å²) in [6.45, 7) is 3.23. The summed E-state index contributed by atoms with van der Waals surface area (Å²) in [6.07, 6.45) is 13.0. The van der Waals surface area contributed by atoms with Crippen molar-refractivity contribution in [1.29, 1.82) is 0 Å². The van der Waals surface area contributed by atoms with Gasteiger partial charge in [0.05, 0.1) is 17.7 Å². The molecule has 1 spiro atoms. The van der Waals surface area contributed by atoms with Gasteiger partial charge in [-0.2, -0.15) is 0 Å². The van der Waals surface area contributed by atoms with Gasteiger partial charge in [-0.25, -0.2) is 0 Å². The fraction of sp³-hybridized carbons (Fsp3) is 0.618. The lowest BCUT2D eigenvalue weighted by atomic mass is 9.65. The third-order valence-corrected chi connectivity index (χ3v) is 10.3. The molecule has 0 bridgehead atoms. The zero-order valence-electron chi connectivity index (χ0n) is 25.1. The van der Waals surface area contributed by atoms with Crippen LogP contribution in [0.15, 0.2) is 47.4 Å². The SMILES string of the molecule is CC(CC1CCCCC1)C(=O)N1CC[C@](O)(Cn2cc(C(=O)N(C)C)c(-c3ccccc3)cc2=O)C2(CCCC2)C1. The monoisotopic (exact) mass is 561 g/mol. The van der Waals surface area contributed by atoms with Gasteiger partial charge in [0.1, 0.15) is 0 Å². The average Bonchev–Trinajstić information content (AvgIpc) is 3.45. The minimum atomic E-state index is -1.14. The van der Waals surface area contributed by atoms with E-state index in [1.807, 2.05) is 35.2 Å². The van der Waals surface area contributed by atoms with Crippen molar-refractivity contribution in [1.82, 2.24) is 14.4 Å². The average molecular weight is 562 g/mol. The number of piperidine rings is 1. The molecule has 2 aromatic rings. The fourth-order valence-electron chi connectivity index (χ4n) is 7.87. The third kappa shape index (κ3) is 6.01. The van der Waals surface area contributed by atoms with E-state index in [1.165, 1.54) is 47.6 Å². The van der Waals surface area contributed by atoms with Gasteiger partial charge in [0.25, 0.3) is 11.5 Å². The Morgan fingerprint density at radius 1 is 1.02 bits per heavy atom. The first-order valence-electron chi connectivity index (χ1n) is 15.7. The van der Waals surface area contributed by atoms with E-state index >= 15 is 0 Å². The molecular formula is C34H47N3O4. The van der Waals surface area contributed by atoms with E-state index < -0.39 is 11.0 Å². The lowest BCUT2D eigenvalue weighted by Gasteiger charge is -2.53. The molecule has 1 saturated heterocycles. The van der Waals surface area contributed by atoms with Crippen LogP contribution in [0.3, 0.4) is 0 Å². The summed E-state index contributed by atoms with van der Waals surface area (Å²) in [5.41, 5.74) is 0.0231. The molecule has 1 aromatic heterocycles. The Morgan fingerprint density at radius 3 is 2.37 bits per heavy atom. The van der Waals surface area contributed by atoms with E-state index in [0.29, 0.717) is 36.6 Å². The summed E-state index contributed by atoms with van der Waals surface area (Å²) in [5, 5.41) is 12.3. The minimum Gasteiger partial charge on any atom is -0.387 e. The van der Waals surface area contributed by atoms with E-state index in [1.54, 1.807) is 20.3 Å². The second-order valence-electron chi connectivity index (χ2n) is 13.3. The maximum absolute atomic E-state index is 13.6. The highest BCUT2D eigenvalue weighted by Crippen LogP contribution is 2.52. The van der Waals surface area contributed by atoms with Gasteiger partial charge in [-0.3, -0.25) is 14.4 Å². The number of hydrogen-bond donors (Lipinski definition) is 1. The summed E-state index contributed by atoms with van der Waals surface area (Å²) in [7, 11) is 3.41. The molecule has 2 saturated carbocycles. The smallest absolute Gasteiger partial charge is 0.255 e. The van der Waals surface area contributed by atoms with Crippen LogP contribution in [0.2, 0.25) is 0 Å².